The zero-order valence-corrected chi connectivity index (χ0v) is 8.83. The molecule has 3 aromatic heterocycles. The highest BCUT2D eigenvalue weighted by atomic mass is 15.3. The van der Waals surface area contributed by atoms with Crippen molar-refractivity contribution >= 4 is 5.65 Å². The monoisotopic (exact) mass is 210 g/mol. The Morgan fingerprint density at radius 2 is 1.88 bits per heavy atom. The summed E-state index contributed by atoms with van der Waals surface area (Å²) in [5.74, 6) is 0. The molecule has 0 spiro atoms. The van der Waals surface area contributed by atoms with E-state index in [0.717, 1.165) is 22.6 Å². The Kier molecular flexibility index (Phi) is 1.93. The highest BCUT2D eigenvalue weighted by Crippen LogP contribution is 2.16. The van der Waals surface area contributed by atoms with Crippen molar-refractivity contribution in [3.8, 4) is 11.3 Å². The van der Waals surface area contributed by atoms with Gasteiger partial charge >= 0.3 is 0 Å². The molecule has 0 aliphatic heterocycles. The molecule has 3 heterocycles. The van der Waals surface area contributed by atoms with Gasteiger partial charge in [-0.3, -0.25) is 4.98 Å². The molecule has 0 fully saturated rings. The van der Waals surface area contributed by atoms with Crippen LogP contribution >= 0.6 is 0 Å². The molecule has 0 unspecified atom stereocenters. The fourth-order valence-electron chi connectivity index (χ4n) is 1.66. The van der Waals surface area contributed by atoms with Crippen LogP contribution in [-0.4, -0.2) is 19.6 Å². The topological polar surface area (TPSA) is 43.1 Å². The van der Waals surface area contributed by atoms with Gasteiger partial charge in [0.1, 0.15) is 0 Å². The number of aryl methyl sites for hydroxylation is 1. The van der Waals surface area contributed by atoms with Gasteiger partial charge < -0.3 is 0 Å². The number of hydrogen-bond donors (Lipinski definition) is 0. The number of rotatable bonds is 1. The maximum Gasteiger partial charge on any atom is 0.153 e. The smallest absolute Gasteiger partial charge is 0.153 e. The number of pyridine rings is 1. The van der Waals surface area contributed by atoms with E-state index < -0.39 is 0 Å². The van der Waals surface area contributed by atoms with Gasteiger partial charge in [-0.2, -0.15) is 5.10 Å². The van der Waals surface area contributed by atoms with Gasteiger partial charge in [0.25, 0.3) is 0 Å². The van der Waals surface area contributed by atoms with E-state index in [0.29, 0.717) is 0 Å². The molecule has 78 valence electrons. The summed E-state index contributed by atoms with van der Waals surface area (Å²) in [6, 6.07) is 7.83. The molecular weight excluding hydrogens is 200 g/mol. The summed E-state index contributed by atoms with van der Waals surface area (Å²) in [5, 5.41) is 4.53. The Morgan fingerprint density at radius 3 is 2.69 bits per heavy atom. The molecule has 0 aromatic carbocycles. The van der Waals surface area contributed by atoms with E-state index in [4.69, 9.17) is 0 Å². The molecule has 3 rings (SSSR count). The first kappa shape index (κ1) is 9.03. The van der Waals surface area contributed by atoms with Crippen molar-refractivity contribution in [1.82, 2.24) is 19.6 Å². The molecule has 0 atom stereocenters. The lowest BCUT2D eigenvalue weighted by molar-refractivity contribution is 0.905. The molecular formula is C12H10N4. The fraction of sp³-hybridized carbons (Fsp3) is 0.0833. The average Bonchev–Trinajstić information content (AvgIpc) is 2.72. The predicted octanol–water partition coefficient (Wildman–Crippen LogP) is 2.10. The van der Waals surface area contributed by atoms with Gasteiger partial charge in [0.2, 0.25) is 0 Å². The molecule has 0 bridgehead atoms. The molecule has 4 heteroatoms. The third kappa shape index (κ3) is 1.35. The van der Waals surface area contributed by atoms with E-state index in [-0.39, 0.29) is 0 Å². The van der Waals surface area contributed by atoms with Gasteiger partial charge in [-0.15, -0.1) is 0 Å². The van der Waals surface area contributed by atoms with Crippen LogP contribution in [0.3, 0.4) is 0 Å². The van der Waals surface area contributed by atoms with Crippen molar-refractivity contribution in [2.45, 2.75) is 6.92 Å². The lowest BCUT2D eigenvalue weighted by Crippen LogP contribution is -1.95. The summed E-state index contributed by atoms with van der Waals surface area (Å²) in [6.45, 7) is 1.99. The van der Waals surface area contributed by atoms with Crippen LogP contribution in [0.1, 0.15) is 5.69 Å². The summed E-state index contributed by atoms with van der Waals surface area (Å²) in [6.07, 6.45) is 5.35. The zero-order valence-electron chi connectivity index (χ0n) is 8.83. The van der Waals surface area contributed by atoms with E-state index in [1.54, 1.807) is 12.4 Å². The van der Waals surface area contributed by atoms with Gasteiger partial charge in [-0.25, -0.2) is 9.50 Å². The molecule has 0 saturated heterocycles. The molecule has 3 aromatic rings. The molecule has 0 aliphatic rings. The minimum Gasteiger partial charge on any atom is -0.265 e. The number of nitrogens with zero attached hydrogens (tertiary/aromatic N) is 4. The molecule has 16 heavy (non-hydrogen) atoms. The Balaban J connectivity index is 2.22. The largest absolute Gasteiger partial charge is 0.265 e. The van der Waals surface area contributed by atoms with Crippen LogP contribution in [0.5, 0.6) is 0 Å². The number of fused-ring (bicyclic) bond motifs is 1. The third-order valence-corrected chi connectivity index (χ3v) is 2.51. The third-order valence-electron chi connectivity index (χ3n) is 2.51. The number of aromatic nitrogens is 4. The standard InChI is InChI=1S/C12H10N4/c1-9-8-14-12-3-2-11(15-16(9)12)10-4-6-13-7-5-10/h2-8H,1H3. The quantitative estimate of drug-likeness (QED) is 0.617. The van der Waals surface area contributed by atoms with Crippen LogP contribution < -0.4 is 0 Å². The van der Waals surface area contributed by atoms with Gasteiger partial charge in [0, 0.05) is 18.0 Å². The van der Waals surface area contributed by atoms with E-state index in [2.05, 4.69) is 15.1 Å². The van der Waals surface area contributed by atoms with E-state index >= 15 is 0 Å². The zero-order chi connectivity index (χ0) is 11.0. The van der Waals surface area contributed by atoms with Crippen molar-refractivity contribution in [3.63, 3.8) is 0 Å². The lowest BCUT2D eigenvalue weighted by Gasteiger charge is -2.01. The van der Waals surface area contributed by atoms with Crippen LogP contribution in [0, 0.1) is 6.92 Å². The second kappa shape index (κ2) is 3.41. The Hall–Kier alpha value is -2.23. The average molecular weight is 210 g/mol. The number of hydrogen-bond acceptors (Lipinski definition) is 3. The predicted molar refractivity (Wildman–Crippen MR) is 61.0 cm³/mol. The minimum absolute atomic E-state index is 0.871. The first-order valence-corrected chi connectivity index (χ1v) is 5.06. The highest BCUT2D eigenvalue weighted by molar-refractivity contribution is 5.59. The van der Waals surface area contributed by atoms with Crippen molar-refractivity contribution in [2.24, 2.45) is 0 Å². The molecule has 4 nitrogen and oxygen atoms in total. The summed E-state index contributed by atoms with van der Waals surface area (Å²) < 4.78 is 1.84. The molecule has 0 N–H and O–H groups in total. The lowest BCUT2D eigenvalue weighted by atomic mass is 10.2. The van der Waals surface area contributed by atoms with Crippen LogP contribution in [-0.2, 0) is 0 Å². The highest BCUT2D eigenvalue weighted by Gasteiger charge is 2.03. The Labute approximate surface area is 92.6 Å². The first-order chi connectivity index (χ1) is 7.84. The van der Waals surface area contributed by atoms with Crippen LogP contribution in [0.2, 0.25) is 0 Å². The Morgan fingerprint density at radius 1 is 1.06 bits per heavy atom. The fourth-order valence-corrected chi connectivity index (χ4v) is 1.66. The second-order valence-electron chi connectivity index (χ2n) is 3.62. The van der Waals surface area contributed by atoms with E-state index in [1.165, 1.54) is 0 Å². The van der Waals surface area contributed by atoms with E-state index in [1.807, 2.05) is 41.9 Å². The van der Waals surface area contributed by atoms with Crippen molar-refractivity contribution < 1.29 is 0 Å². The summed E-state index contributed by atoms with van der Waals surface area (Å²) >= 11 is 0. The Bertz CT molecular complexity index is 628. The maximum atomic E-state index is 4.53. The van der Waals surface area contributed by atoms with E-state index in [9.17, 15) is 0 Å². The van der Waals surface area contributed by atoms with Crippen molar-refractivity contribution in [2.75, 3.05) is 0 Å². The van der Waals surface area contributed by atoms with Gasteiger partial charge in [0.15, 0.2) is 5.65 Å². The van der Waals surface area contributed by atoms with Crippen LogP contribution in [0.25, 0.3) is 16.9 Å². The van der Waals surface area contributed by atoms with Crippen molar-refractivity contribution in [1.29, 1.82) is 0 Å². The summed E-state index contributed by atoms with van der Waals surface area (Å²) in [4.78, 5) is 8.23. The van der Waals surface area contributed by atoms with Gasteiger partial charge in [-0.1, -0.05) is 0 Å². The second-order valence-corrected chi connectivity index (χ2v) is 3.62. The normalized spacial score (nSPS) is 10.8. The molecule has 0 radical (unpaired) electrons. The molecule has 0 aliphatic carbocycles. The summed E-state index contributed by atoms with van der Waals surface area (Å²) in [7, 11) is 0. The summed E-state index contributed by atoms with van der Waals surface area (Å²) in [5.41, 5.74) is 3.89. The maximum absolute atomic E-state index is 4.53. The van der Waals surface area contributed by atoms with Crippen LogP contribution in [0.15, 0.2) is 42.9 Å². The SMILES string of the molecule is Cc1cnc2ccc(-c3ccncc3)nn12. The van der Waals surface area contributed by atoms with Crippen LogP contribution in [0.4, 0.5) is 0 Å². The van der Waals surface area contributed by atoms with Crippen molar-refractivity contribution in [3.05, 3.63) is 48.5 Å². The van der Waals surface area contributed by atoms with Gasteiger partial charge in [0.05, 0.1) is 17.6 Å². The number of imidazole rings is 1. The van der Waals surface area contributed by atoms with Gasteiger partial charge in [-0.05, 0) is 31.2 Å². The molecule has 0 saturated carbocycles. The molecule has 0 amide bonds. The minimum atomic E-state index is 0.871. The first-order valence-electron chi connectivity index (χ1n) is 5.06.